The molecule has 9 nitrogen and oxygen atoms in total. The number of rotatable bonds is 3. The predicted molar refractivity (Wildman–Crippen MR) is 120 cm³/mol. The van der Waals surface area contributed by atoms with Crippen LogP contribution in [0.3, 0.4) is 0 Å². The molecule has 15 heteroatoms. The number of nitrogens with zero attached hydrogens (tertiary/aromatic N) is 3. The number of likely N-dealkylation sites (N-methyl/N-ethyl adjacent to an activating group) is 1. The van der Waals surface area contributed by atoms with E-state index in [0.29, 0.717) is 6.54 Å². The van der Waals surface area contributed by atoms with Gasteiger partial charge in [0.25, 0.3) is 0 Å². The Balaban J connectivity index is 0.000000301. The largest absolute Gasteiger partial charge is 0.490 e. The maximum Gasteiger partial charge on any atom is 0.490 e. The van der Waals surface area contributed by atoms with E-state index >= 15 is 0 Å². The fourth-order valence-corrected chi connectivity index (χ4v) is 3.94. The van der Waals surface area contributed by atoms with Crippen LogP contribution < -0.4 is 4.90 Å². The SMILES string of the molecule is CN1CC(=O)N(c2ccccc2)CC12CCN(Cc1ccco1)C2.O=C(O)C(F)(F)F.O=C(O)C(F)(F)F. The third-order valence-corrected chi connectivity index (χ3v) is 5.86. The van der Waals surface area contributed by atoms with E-state index in [1.807, 2.05) is 47.4 Å². The lowest BCUT2D eigenvalue weighted by Crippen LogP contribution is -2.64. The van der Waals surface area contributed by atoms with Gasteiger partial charge in [0.1, 0.15) is 5.76 Å². The molecule has 0 bridgehead atoms. The Morgan fingerprint density at radius 3 is 1.97 bits per heavy atom. The van der Waals surface area contributed by atoms with Gasteiger partial charge in [-0.05, 0) is 37.7 Å². The van der Waals surface area contributed by atoms with Crippen LogP contribution in [0, 0.1) is 0 Å². The molecule has 1 amide bonds. The number of aliphatic carboxylic acids is 2. The molecule has 210 valence electrons. The van der Waals surface area contributed by atoms with Crippen LogP contribution in [0.4, 0.5) is 32.0 Å². The molecule has 2 aliphatic rings. The number of furan rings is 1. The Morgan fingerprint density at radius 1 is 0.947 bits per heavy atom. The maximum absolute atomic E-state index is 12.5. The van der Waals surface area contributed by atoms with Crippen molar-refractivity contribution < 1.29 is 55.4 Å². The number of carboxylic acid groups (broad SMARTS) is 2. The topological polar surface area (TPSA) is 115 Å². The normalized spacial score (nSPS) is 20.4. The van der Waals surface area contributed by atoms with E-state index in [2.05, 4.69) is 16.8 Å². The van der Waals surface area contributed by atoms with Crippen molar-refractivity contribution in [1.82, 2.24) is 9.80 Å². The molecule has 0 radical (unpaired) electrons. The summed E-state index contributed by atoms with van der Waals surface area (Å²) in [6.45, 7) is 4.05. The molecular formula is C23H25F6N3O6. The number of alkyl halides is 6. The minimum Gasteiger partial charge on any atom is -0.475 e. The van der Waals surface area contributed by atoms with Gasteiger partial charge in [-0.2, -0.15) is 26.3 Å². The lowest BCUT2D eigenvalue weighted by Gasteiger charge is -2.47. The number of hydrogen-bond acceptors (Lipinski definition) is 6. The molecule has 1 spiro atoms. The predicted octanol–water partition coefficient (Wildman–Crippen LogP) is 3.47. The van der Waals surface area contributed by atoms with Crippen molar-refractivity contribution in [2.75, 3.05) is 38.1 Å². The molecule has 4 rings (SSSR count). The highest BCUT2D eigenvalue weighted by molar-refractivity contribution is 5.96. The summed E-state index contributed by atoms with van der Waals surface area (Å²) in [4.78, 5) is 37.0. The quantitative estimate of drug-likeness (QED) is 0.556. The summed E-state index contributed by atoms with van der Waals surface area (Å²) >= 11 is 0. The van der Waals surface area contributed by atoms with Crippen molar-refractivity contribution in [2.24, 2.45) is 0 Å². The highest BCUT2D eigenvalue weighted by Gasteiger charge is 2.47. The summed E-state index contributed by atoms with van der Waals surface area (Å²) in [6.07, 6.45) is -7.37. The molecule has 2 aliphatic heterocycles. The number of para-hydroxylation sites is 1. The van der Waals surface area contributed by atoms with E-state index < -0.39 is 24.3 Å². The lowest BCUT2D eigenvalue weighted by molar-refractivity contribution is -0.193. The Bertz CT molecular complexity index is 1050. The number of benzene rings is 1. The van der Waals surface area contributed by atoms with Gasteiger partial charge in [-0.15, -0.1) is 0 Å². The molecular weight excluding hydrogens is 528 g/mol. The number of likely N-dealkylation sites (tertiary alicyclic amines) is 1. The number of hydrogen-bond donors (Lipinski definition) is 2. The summed E-state index contributed by atoms with van der Waals surface area (Å²) in [6, 6.07) is 14.0. The molecule has 2 aromatic rings. The Morgan fingerprint density at radius 2 is 1.50 bits per heavy atom. The second kappa shape index (κ2) is 12.3. The third-order valence-electron chi connectivity index (χ3n) is 5.86. The first-order valence-electron chi connectivity index (χ1n) is 11.0. The zero-order chi connectivity index (χ0) is 28.7. The van der Waals surface area contributed by atoms with Crippen LogP contribution in [0.25, 0.3) is 0 Å². The zero-order valence-corrected chi connectivity index (χ0v) is 20.0. The highest BCUT2D eigenvalue weighted by atomic mass is 19.4. The number of anilines is 1. The Labute approximate surface area is 212 Å². The molecule has 2 N–H and O–H groups in total. The maximum atomic E-state index is 12.5. The molecule has 0 aliphatic carbocycles. The van der Waals surface area contributed by atoms with E-state index in [4.69, 9.17) is 24.2 Å². The third kappa shape index (κ3) is 8.48. The van der Waals surface area contributed by atoms with Crippen molar-refractivity contribution >= 4 is 23.5 Å². The molecule has 0 saturated carbocycles. The molecule has 3 heterocycles. The van der Waals surface area contributed by atoms with Crippen molar-refractivity contribution in [3.05, 3.63) is 54.5 Å². The van der Waals surface area contributed by atoms with Gasteiger partial charge in [0, 0.05) is 25.3 Å². The number of carboxylic acids is 2. The van der Waals surface area contributed by atoms with Gasteiger partial charge in [0.15, 0.2) is 0 Å². The van der Waals surface area contributed by atoms with Gasteiger partial charge in [0.05, 0.1) is 24.9 Å². The van der Waals surface area contributed by atoms with E-state index in [1.165, 1.54) is 0 Å². The van der Waals surface area contributed by atoms with Crippen LogP contribution in [-0.2, 0) is 20.9 Å². The van der Waals surface area contributed by atoms with Crippen LogP contribution in [0.1, 0.15) is 12.2 Å². The molecule has 38 heavy (non-hydrogen) atoms. The molecule has 2 fully saturated rings. The summed E-state index contributed by atoms with van der Waals surface area (Å²) in [5.41, 5.74) is 1.02. The fraction of sp³-hybridized carbons (Fsp3) is 0.435. The smallest absolute Gasteiger partial charge is 0.475 e. The van der Waals surface area contributed by atoms with Crippen LogP contribution in [0.5, 0.6) is 0 Å². The molecule has 1 atom stereocenters. The van der Waals surface area contributed by atoms with Crippen molar-refractivity contribution in [3.8, 4) is 0 Å². The number of amides is 1. The van der Waals surface area contributed by atoms with Crippen LogP contribution in [-0.4, -0.2) is 89.0 Å². The zero-order valence-electron chi connectivity index (χ0n) is 20.0. The van der Waals surface area contributed by atoms with Crippen LogP contribution in [0.15, 0.2) is 53.1 Å². The van der Waals surface area contributed by atoms with E-state index in [-0.39, 0.29) is 11.4 Å². The first kappa shape index (κ1) is 30.6. The molecule has 2 saturated heterocycles. The van der Waals surface area contributed by atoms with Crippen LogP contribution in [0.2, 0.25) is 0 Å². The van der Waals surface area contributed by atoms with Gasteiger partial charge in [-0.3, -0.25) is 14.6 Å². The summed E-state index contributed by atoms with van der Waals surface area (Å²) in [5.74, 6) is -4.33. The second-order valence-corrected chi connectivity index (χ2v) is 8.54. The number of carbonyl (C=O) groups is 3. The summed E-state index contributed by atoms with van der Waals surface area (Å²) < 4.78 is 69.0. The lowest BCUT2D eigenvalue weighted by atomic mass is 9.92. The number of halogens is 6. The van der Waals surface area contributed by atoms with Gasteiger partial charge in [0.2, 0.25) is 5.91 Å². The Kier molecular flexibility index (Phi) is 9.92. The molecule has 1 aromatic carbocycles. The average molecular weight is 553 g/mol. The Hall–Kier alpha value is -3.59. The van der Waals surface area contributed by atoms with E-state index in [0.717, 1.165) is 44.0 Å². The highest BCUT2D eigenvalue weighted by Crippen LogP contribution is 2.34. The van der Waals surface area contributed by atoms with E-state index in [9.17, 15) is 31.1 Å². The monoisotopic (exact) mass is 553 g/mol. The standard InChI is InChI=1S/C19H23N3O2.2C2HF3O2/c1-20-13-18(23)22(16-6-3-2-4-7-16)15-19(20)9-10-21(14-19)12-17-8-5-11-24-17;2*3-2(4,5)1(6)7/h2-8,11H,9-10,12-15H2,1H3;2*(H,6,7). The number of carbonyl (C=O) groups excluding carboxylic acids is 1. The van der Waals surface area contributed by atoms with E-state index in [1.54, 1.807) is 6.26 Å². The fourth-order valence-electron chi connectivity index (χ4n) is 3.94. The van der Waals surface area contributed by atoms with Gasteiger partial charge in [-0.1, -0.05) is 18.2 Å². The molecule has 1 unspecified atom stereocenters. The number of piperazine rings is 1. The molecule has 1 aromatic heterocycles. The van der Waals surface area contributed by atoms with Crippen LogP contribution >= 0.6 is 0 Å². The average Bonchev–Trinajstić information content (AvgIpc) is 3.48. The van der Waals surface area contributed by atoms with Gasteiger partial charge >= 0.3 is 24.3 Å². The minimum absolute atomic E-state index is 0.0242. The van der Waals surface area contributed by atoms with Gasteiger partial charge < -0.3 is 19.5 Å². The second-order valence-electron chi connectivity index (χ2n) is 8.54. The minimum atomic E-state index is -5.08. The van der Waals surface area contributed by atoms with Crippen molar-refractivity contribution in [1.29, 1.82) is 0 Å². The van der Waals surface area contributed by atoms with Crippen molar-refractivity contribution in [3.63, 3.8) is 0 Å². The summed E-state index contributed by atoms with van der Waals surface area (Å²) in [5, 5.41) is 14.2. The first-order valence-corrected chi connectivity index (χ1v) is 11.0. The van der Waals surface area contributed by atoms with Gasteiger partial charge in [-0.25, -0.2) is 9.59 Å². The van der Waals surface area contributed by atoms with Crippen molar-refractivity contribution in [2.45, 2.75) is 30.9 Å². The first-order chi connectivity index (χ1) is 17.5. The summed E-state index contributed by atoms with van der Waals surface area (Å²) in [7, 11) is 2.08.